The number of anilines is 1. The highest BCUT2D eigenvalue weighted by atomic mass is 32.1. The number of likely N-dealkylation sites (tertiary alicyclic amines) is 1. The highest BCUT2D eigenvalue weighted by Crippen LogP contribution is 2.27. The van der Waals surface area contributed by atoms with E-state index in [4.69, 9.17) is 0 Å². The van der Waals surface area contributed by atoms with Crippen LogP contribution in [0.3, 0.4) is 0 Å². The molecule has 2 aromatic carbocycles. The van der Waals surface area contributed by atoms with Crippen molar-refractivity contribution in [2.24, 2.45) is 0 Å². The molecule has 1 saturated heterocycles. The number of carbonyl (C=O) groups excluding carboxylic acids is 2. The number of para-hydroxylation sites is 2. The maximum Gasteiger partial charge on any atom is 0.258 e. The van der Waals surface area contributed by atoms with Gasteiger partial charge in [-0.3, -0.25) is 9.59 Å². The van der Waals surface area contributed by atoms with Gasteiger partial charge in [0.25, 0.3) is 5.91 Å². The summed E-state index contributed by atoms with van der Waals surface area (Å²) in [4.78, 5) is 32.4. The molecule has 1 aliphatic rings. The van der Waals surface area contributed by atoms with E-state index in [1.54, 1.807) is 15.8 Å². The van der Waals surface area contributed by atoms with Crippen LogP contribution in [0.2, 0.25) is 0 Å². The fourth-order valence-electron chi connectivity index (χ4n) is 3.93. The molecule has 0 saturated carbocycles. The first kappa shape index (κ1) is 19.4. The lowest BCUT2D eigenvalue weighted by atomic mass is 10.2. The molecule has 4 aromatic rings. The molecule has 0 spiro atoms. The Labute approximate surface area is 183 Å². The second-order valence-corrected chi connectivity index (χ2v) is 8.57. The minimum absolute atomic E-state index is 0.165. The number of aromatic nitrogens is 3. The SMILES string of the molecule is Cc1nn(-c2ccccc2)cc1C(=O)N1CCCC1C(=O)Nc1nc2ccccc2s1. The summed E-state index contributed by atoms with van der Waals surface area (Å²) >= 11 is 1.43. The van der Waals surface area contributed by atoms with Gasteiger partial charge in [0.05, 0.1) is 27.2 Å². The van der Waals surface area contributed by atoms with Gasteiger partial charge in [0.15, 0.2) is 5.13 Å². The number of fused-ring (bicyclic) bond motifs is 1. The van der Waals surface area contributed by atoms with Crippen molar-refractivity contribution in [3.63, 3.8) is 0 Å². The third-order valence-corrected chi connectivity index (χ3v) is 6.44. The van der Waals surface area contributed by atoms with Crippen molar-refractivity contribution in [1.29, 1.82) is 0 Å². The molecule has 0 radical (unpaired) electrons. The Morgan fingerprint density at radius 1 is 1.10 bits per heavy atom. The number of hydrogen-bond acceptors (Lipinski definition) is 5. The highest BCUT2D eigenvalue weighted by molar-refractivity contribution is 7.22. The number of hydrogen-bond donors (Lipinski definition) is 1. The number of amides is 2. The largest absolute Gasteiger partial charge is 0.326 e. The fraction of sp³-hybridized carbons (Fsp3) is 0.217. The third kappa shape index (κ3) is 3.70. The van der Waals surface area contributed by atoms with Crippen molar-refractivity contribution < 1.29 is 9.59 Å². The van der Waals surface area contributed by atoms with Crippen LogP contribution >= 0.6 is 11.3 Å². The zero-order chi connectivity index (χ0) is 21.4. The van der Waals surface area contributed by atoms with Crippen molar-refractivity contribution >= 4 is 38.5 Å². The van der Waals surface area contributed by atoms with E-state index in [2.05, 4.69) is 15.4 Å². The van der Waals surface area contributed by atoms with Crippen LogP contribution in [-0.2, 0) is 4.79 Å². The molecule has 31 heavy (non-hydrogen) atoms. The van der Waals surface area contributed by atoms with Gasteiger partial charge >= 0.3 is 0 Å². The molecule has 2 amide bonds. The van der Waals surface area contributed by atoms with Crippen LogP contribution in [0, 0.1) is 6.92 Å². The number of nitrogens with one attached hydrogen (secondary N) is 1. The maximum absolute atomic E-state index is 13.3. The van der Waals surface area contributed by atoms with Crippen LogP contribution < -0.4 is 5.32 Å². The quantitative estimate of drug-likeness (QED) is 0.529. The molecule has 5 rings (SSSR count). The molecule has 0 aliphatic carbocycles. The number of aryl methyl sites for hydroxylation is 1. The predicted molar refractivity (Wildman–Crippen MR) is 121 cm³/mol. The van der Waals surface area contributed by atoms with Gasteiger partial charge < -0.3 is 10.2 Å². The van der Waals surface area contributed by atoms with E-state index in [1.807, 2.05) is 61.5 Å². The maximum atomic E-state index is 13.3. The van der Waals surface area contributed by atoms with Gasteiger partial charge in [-0.2, -0.15) is 5.10 Å². The van der Waals surface area contributed by atoms with Gasteiger partial charge in [-0.25, -0.2) is 9.67 Å². The Morgan fingerprint density at radius 2 is 1.87 bits per heavy atom. The normalized spacial score (nSPS) is 16.0. The van der Waals surface area contributed by atoms with Crippen LogP contribution in [0.25, 0.3) is 15.9 Å². The van der Waals surface area contributed by atoms with Crippen LogP contribution in [0.5, 0.6) is 0 Å². The Kier molecular flexibility index (Phi) is 4.99. The van der Waals surface area contributed by atoms with Crippen molar-refractivity contribution in [3.8, 4) is 5.69 Å². The molecular weight excluding hydrogens is 410 g/mol. The van der Waals surface area contributed by atoms with Crippen LogP contribution in [0.1, 0.15) is 28.9 Å². The van der Waals surface area contributed by atoms with E-state index in [9.17, 15) is 9.59 Å². The molecular formula is C23H21N5O2S. The van der Waals surface area contributed by atoms with Crippen molar-refractivity contribution in [2.75, 3.05) is 11.9 Å². The highest BCUT2D eigenvalue weighted by Gasteiger charge is 2.36. The van der Waals surface area contributed by atoms with Crippen molar-refractivity contribution in [1.82, 2.24) is 19.7 Å². The molecule has 8 heteroatoms. The summed E-state index contributed by atoms with van der Waals surface area (Å²) in [5, 5.41) is 7.96. The first-order chi connectivity index (χ1) is 15.1. The van der Waals surface area contributed by atoms with Gasteiger partial charge in [0.1, 0.15) is 6.04 Å². The summed E-state index contributed by atoms with van der Waals surface area (Å²) in [5.41, 5.74) is 2.90. The van der Waals surface area contributed by atoms with E-state index in [-0.39, 0.29) is 11.8 Å². The lowest BCUT2D eigenvalue weighted by Gasteiger charge is -2.23. The molecule has 1 unspecified atom stereocenters. The van der Waals surface area contributed by atoms with Gasteiger partial charge in [0, 0.05) is 12.7 Å². The molecule has 2 aromatic heterocycles. The van der Waals surface area contributed by atoms with Gasteiger partial charge in [-0.1, -0.05) is 41.7 Å². The Morgan fingerprint density at radius 3 is 2.68 bits per heavy atom. The molecule has 1 N–H and O–H groups in total. The summed E-state index contributed by atoms with van der Waals surface area (Å²) in [6.45, 7) is 2.37. The first-order valence-corrected chi connectivity index (χ1v) is 11.0. The average Bonchev–Trinajstić information content (AvgIpc) is 3.51. The zero-order valence-corrected chi connectivity index (χ0v) is 17.8. The third-order valence-electron chi connectivity index (χ3n) is 5.49. The molecule has 1 fully saturated rings. The standard InChI is InChI=1S/C23H21N5O2S/c1-15-17(14-28(26-15)16-8-3-2-4-9-16)22(30)27-13-7-11-19(27)21(29)25-23-24-18-10-5-6-12-20(18)31-23/h2-6,8-10,12,14,19H,7,11,13H2,1H3,(H,24,25,29). The van der Waals surface area contributed by atoms with Crippen LogP contribution in [0.4, 0.5) is 5.13 Å². The molecule has 156 valence electrons. The van der Waals surface area contributed by atoms with Gasteiger partial charge in [0.2, 0.25) is 5.91 Å². The molecule has 1 atom stereocenters. The summed E-state index contributed by atoms with van der Waals surface area (Å²) in [5.74, 6) is -0.361. The van der Waals surface area contributed by atoms with E-state index in [0.717, 1.165) is 22.3 Å². The van der Waals surface area contributed by atoms with E-state index in [1.165, 1.54) is 11.3 Å². The molecule has 0 bridgehead atoms. The van der Waals surface area contributed by atoms with Gasteiger partial charge in [-0.05, 0) is 44.0 Å². The van der Waals surface area contributed by atoms with Crippen molar-refractivity contribution in [3.05, 3.63) is 72.1 Å². The minimum Gasteiger partial charge on any atom is -0.326 e. The number of carbonyl (C=O) groups is 2. The number of benzene rings is 2. The second kappa shape index (κ2) is 7.96. The lowest BCUT2D eigenvalue weighted by Crippen LogP contribution is -2.43. The number of nitrogens with zero attached hydrogens (tertiary/aromatic N) is 4. The van der Waals surface area contributed by atoms with Crippen LogP contribution in [-0.4, -0.2) is 44.1 Å². The second-order valence-electron chi connectivity index (χ2n) is 7.54. The number of rotatable bonds is 4. The molecule has 3 heterocycles. The van der Waals surface area contributed by atoms with E-state index >= 15 is 0 Å². The van der Waals surface area contributed by atoms with Gasteiger partial charge in [-0.15, -0.1) is 0 Å². The Balaban J connectivity index is 1.35. The summed E-state index contributed by atoms with van der Waals surface area (Å²) in [7, 11) is 0. The Hall–Kier alpha value is -3.52. The smallest absolute Gasteiger partial charge is 0.258 e. The summed E-state index contributed by atoms with van der Waals surface area (Å²) < 4.78 is 2.72. The topological polar surface area (TPSA) is 80.1 Å². The summed E-state index contributed by atoms with van der Waals surface area (Å²) in [6.07, 6.45) is 3.16. The molecule has 1 aliphatic heterocycles. The Bertz CT molecular complexity index is 1230. The minimum atomic E-state index is -0.515. The lowest BCUT2D eigenvalue weighted by molar-refractivity contribution is -0.119. The van der Waals surface area contributed by atoms with E-state index < -0.39 is 6.04 Å². The monoisotopic (exact) mass is 431 g/mol. The number of thiazole rings is 1. The predicted octanol–water partition coefficient (Wildman–Crippen LogP) is 4.03. The van der Waals surface area contributed by atoms with Crippen molar-refractivity contribution in [2.45, 2.75) is 25.8 Å². The van der Waals surface area contributed by atoms with E-state index in [0.29, 0.717) is 29.4 Å². The molecule has 7 nitrogen and oxygen atoms in total. The zero-order valence-electron chi connectivity index (χ0n) is 17.0. The fourth-order valence-corrected chi connectivity index (χ4v) is 4.80. The average molecular weight is 432 g/mol. The summed E-state index contributed by atoms with van der Waals surface area (Å²) in [6, 6.07) is 16.9. The first-order valence-electron chi connectivity index (χ1n) is 10.2. The van der Waals surface area contributed by atoms with Crippen LogP contribution in [0.15, 0.2) is 60.8 Å².